The van der Waals surface area contributed by atoms with Crippen molar-refractivity contribution in [1.29, 1.82) is 5.26 Å². The molecule has 0 unspecified atom stereocenters. The minimum absolute atomic E-state index is 0.0848. The fraction of sp³-hybridized carbons (Fsp3) is 0.0667. The van der Waals surface area contributed by atoms with Crippen molar-refractivity contribution in [3.8, 4) is 6.07 Å². The Kier molecular flexibility index (Phi) is 4.16. The number of anilines is 1. The van der Waals surface area contributed by atoms with Gasteiger partial charge in [0.2, 0.25) is 0 Å². The lowest BCUT2D eigenvalue weighted by molar-refractivity contribution is 0.102. The minimum atomic E-state index is -0.518. The van der Waals surface area contributed by atoms with E-state index in [2.05, 4.69) is 21.2 Å². The summed E-state index contributed by atoms with van der Waals surface area (Å²) in [6.45, 7) is 1.92. The number of benzene rings is 2. The van der Waals surface area contributed by atoms with Gasteiger partial charge in [-0.05, 0) is 58.7 Å². The lowest BCUT2D eigenvalue weighted by Gasteiger charge is -2.09. The number of amides is 1. The second kappa shape index (κ2) is 5.85. The van der Waals surface area contributed by atoms with E-state index in [-0.39, 0.29) is 17.2 Å². The summed E-state index contributed by atoms with van der Waals surface area (Å²) >= 11 is 3.32. The number of carbonyl (C=O) groups is 1. The number of nitrogens with one attached hydrogen (secondary N) is 1. The summed E-state index contributed by atoms with van der Waals surface area (Å²) in [5, 5.41) is 11.5. The summed E-state index contributed by atoms with van der Waals surface area (Å²) in [6, 6.07) is 10.8. The first-order chi connectivity index (χ1) is 9.51. The molecule has 2 aromatic rings. The highest BCUT2D eigenvalue weighted by Crippen LogP contribution is 2.21. The third-order valence-corrected chi connectivity index (χ3v) is 3.38. The normalized spacial score (nSPS) is 9.90. The largest absolute Gasteiger partial charge is 0.321 e. The van der Waals surface area contributed by atoms with Crippen LogP contribution in [0.25, 0.3) is 0 Å². The van der Waals surface area contributed by atoms with E-state index in [1.165, 1.54) is 12.1 Å². The molecule has 0 fully saturated rings. The fourth-order valence-electron chi connectivity index (χ4n) is 1.71. The van der Waals surface area contributed by atoms with Crippen LogP contribution in [-0.2, 0) is 0 Å². The Labute approximate surface area is 124 Å². The van der Waals surface area contributed by atoms with E-state index in [1.54, 1.807) is 6.07 Å². The molecule has 0 spiro atoms. The third-order valence-electron chi connectivity index (χ3n) is 2.72. The first-order valence-electron chi connectivity index (χ1n) is 5.78. The van der Waals surface area contributed by atoms with Crippen LogP contribution in [0.5, 0.6) is 0 Å². The molecule has 20 heavy (non-hydrogen) atoms. The van der Waals surface area contributed by atoms with Crippen LogP contribution >= 0.6 is 15.9 Å². The highest BCUT2D eigenvalue weighted by atomic mass is 79.9. The number of carbonyl (C=O) groups excluding carboxylic acids is 1. The zero-order valence-electron chi connectivity index (χ0n) is 10.6. The van der Waals surface area contributed by atoms with Crippen LogP contribution < -0.4 is 5.32 Å². The zero-order chi connectivity index (χ0) is 14.7. The van der Waals surface area contributed by atoms with E-state index < -0.39 is 5.82 Å². The van der Waals surface area contributed by atoms with Gasteiger partial charge in [-0.25, -0.2) is 4.39 Å². The molecule has 2 aromatic carbocycles. The van der Waals surface area contributed by atoms with Crippen LogP contribution in [-0.4, -0.2) is 5.91 Å². The van der Waals surface area contributed by atoms with Gasteiger partial charge < -0.3 is 5.32 Å². The molecule has 0 heterocycles. The molecule has 0 bridgehead atoms. The Balaban J connectivity index is 2.31. The van der Waals surface area contributed by atoms with Crippen molar-refractivity contribution in [2.45, 2.75) is 6.92 Å². The van der Waals surface area contributed by atoms with Crippen molar-refractivity contribution < 1.29 is 9.18 Å². The predicted molar refractivity (Wildman–Crippen MR) is 77.9 cm³/mol. The molecule has 0 aliphatic rings. The second-order valence-corrected chi connectivity index (χ2v) is 5.09. The maximum Gasteiger partial charge on any atom is 0.256 e. The molecule has 1 amide bonds. The van der Waals surface area contributed by atoms with Crippen molar-refractivity contribution in [2.24, 2.45) is 0 Å². The molecule has 2 rings (SSSR count). The lowest BCUT2D eigenvalue weighted by atomic mass is 10.1. The van der Waals surface area contributed by atoms with Gasteiger partial charge in [0.25, 0.3) is 5.91 Å². The summed E-state index contributed by atoms with van der Waals surface area (Å²) in [4.78, 5) is 12.2. The van der Waals surface area contributed by atoms with Crippen LogP contribution in [0.1, 0.15) is 21.5 Å². The van der Waals surface area contributed by atoms with Crippen LogP contribution in [0, 0.1) is 24.1 Å². The minimum Gasteiger partial charge on any atom is -0.321 e. The monoisotopic (exact) mass is 332 g/mol. The lowest BCUT2D eigenvalue weighted by Crippen LogP contribution is -2.13. The van der Waals surface area contributed by atoms with Gasteiger partial charge in [0.15, 0.2) is 0 Å². The van der Waals surface area contributed by atoms with Gasteiger partial charge in [-0.15, -0.1) is 0 Å². The van der Waals surface area contributed by atoms with Crippen LogP contribution in [0.3, 0.4) is 0 Å². The molecule has 0 saturated heterocycles. The van der Waals surface area contributed by atoms with Crippen LogP contribution in [0.4, 0.5) is 10.1 Å². The van der Waals surface area contributed by atoms with Gasteiger partial charge in [0.1, 0.15) is 11.9 Å². The summed E-state index contributed by atoms with van der Waals surface area (Å²) in [5.41, 5.74) is 1.84. The molecule has 100 valence electrons. The molecular weight excluding hydrogens is 323 g/mol. The number of hydrogen-bond acceptors (Lipinski definition) is 2. The van der Waals surface area contributed by atoms with Crippen LogP contribution in [0.2, 0.25) is 0 Å². The van der Waals surface area contributed by atoms with E-state index >= 15 is 0 Å². The van der Waals surface area contributed by atoms with Gasteiger partial charge in [-0.3, -0.25) is 4.79 Å². The molecule has 0 aliphatic heterocycles. The zero-order valence-corrected chi connectivity index (χ0v) is 12.2. The summed E-state index contributed by atoms with van der Waals surface area (Å²) in [5.74, 6) is -0.879. The van der Waals surface area contributed by atoms with E-state index in [0.29, 0.717) is 10.0 Å². The maximum atomic E-state index is 13.0. The van der Waals surface area contributed by atoms with Gasteiger partial charge >= 0.3 is 0 Å². The highest BCUT2D eigenvalue weighted by Gasteiger charge is 2.12. The SMILES string of the molecule is Cc1ccc(C(=O)Nc2ccc(F)cc2C#N)c(Br)c1. The molecule has 5 heteroatoms. The standard InChI is InChI=1S/C15H10BrFN2O/c1-9-2-4-12(13(16)6-9)15(20)19-14-5-3-11(17)7-10(14)8-18/h2-7H,1H3,(H,19,20). The molecular formula is C15H10BrFN2O. The van der Waals surface area contributed by atoms with Gasteiger partial charge in [-0.2, -0.15) is 5.26 Å². The molecule has 0 aromatic heterocycles. The summed E-state index contributed by atoms with van der Waals surface area (Å²) in [6.07, 6.45) is 0. The number of hydrogen-bond donors (Lipinski definition) is 1. The quantitative estimate of drug-likeness (QED) is 0.902. The molecule has 0 saturated carbocycles. The Morgan fingerprint density at radius 3 is 2.70 bits per heavy atom. The number of nitrogens with zero attached hydrogens (tertiary/aromatic N) is 1. The number of aryl methyl sites for hydroxylation is 1. The van der Waals surface area contributed by atoms with E-state index in [4.69, 9.17) is 5.26 Å². The first-order valence-corrected chi connectivity index (χ1v) is 6.57. The molecule has 0 atom stereocenters. The molecule has 3 nitrogen and oxygen atoms in total. The Hall–Kier alpha value is -2.19. The van der Waals surface area contributed by atoms with E-state index in [0.717, 1.165) is 11.6 Å². The van der Waals surface area contributed by atoms with Gasteiger partial charge in [0.05, 0.1) is 16.8 Å². The number of rotatable bonds is 2. The smallest absolute Gasteiger partial charge is 0.256 e. The predicted octanol–water partition coefficient (Wildman–Crippen LogP) is 4.02. The second-order valence-electron chi connectivity index (χ2n) is 4.24. The van der Waals surface area contributed by atoms with Crippen molar-refractivity contribution in [1.82, 2.24) is 0 Å². The summed E-state index contributed by atoms with van der Waals surface area (Å²) in [7, 11) is 0. The topological polar surface area (TPSA) is 52.9 Å². The number of nitriles is 1. The highest BCUT2D eigenvalue weighted by molar-refractivity contribution is 9.10. The van der Waals surface area contributed by atoms with Crippen LogP contribution in [0.15, 0.2) is 40.9 Å². The molecule has 0 radical (unpaired) electrons. The Morgan fingerprint density at radius 2 is 2.05 bits per heavy atom. The summed E-state index contributed by atoms with van der Waals surface area (Å²) < 4.78 is 13.7. The van der Waals surface area contributed by atoms with E-state index in [1.807, 2.05) is 25.1 Å². The van der Waals surface area contributed by atoms with Gasteiger partial charge in [0, 0.05) is 4.47 Å². The average molecular weight is 333 g/mol. The van der Waals surface area contributed by atoms with Crippen molar-refractivity contribution >= 4 is 27.5 Å². The Bertz CT molecular complexity index is 722. The van der Waals surface area contributed by atoms with Crippen molar-refractivity contribution in [2.75, 3.05) is 5.32 Å². The average Bonchev–Trinajstić information content (AvgIpc) is 2.40. The Morgan fingerprint density at radius 1 is 1.30 bits per heavy atom. The molecule has 0 aliphatic carbocycles. The number of halogens is 2. The first kappa shape index (κ1) is 14.2. The third kappa shape index (κ3) is 3.03. The van der Waals surface area contributed by atoms with E-state index in [9.17, 15) is 9.18 Å². The maximum absolute atomic E-state index is 13.0. The van der Waals surface area contributed by atoms with Crippen molar-refractivity contribution in [3.05, 3.63) is 63.4 Å². The fourth-order valence-corrected chi connectivity index (χ4v) is 2.39. The molecule has 1 N–H and O–H groups in total. The van der Waals surface area contributed by atoms with Crippen molar-refractivity contribution in [3.63, 3.8) is 0 Å². The van der Waals surface area contributed by atoms with Gasteiger partial charge in [-0.1, -0.05) is 6.07 Å².